The quantitative estimate of drug-likeness (QED) is 0.670. The molecule has 0 fully saturated rings. The van der Waals surface area contributed by atoms with Gasteiger partial charge in [-0.1, -0.05) is 18.2 Å². The predicted molar refractivity (Wildman–Crippen MR) is 109 cm³/mol. The van der Waals surface area contributed by atoms with Crippen LogP contribution in [0.2, 0.25) is 0 Å². The van der Waals surface area contributed by atoms with Gasteiger partial charge in [-0.25, -0.2) is 0 Å². The third kappa shape index (κ3) is 4.34. The summed E-state index contributed by atoms with van der Waals surface area (Å²) in [5.41, 5.74) is 3.91. The fourth-order valence-corrected chi connectivity index (χ4v) is 2.87. The Morgan fingerprint density at radius 1 is 0.889 bits per heavy atom. The van der Waals surface area contributed by atoms with Crippen molar-refractivity contribution in [2.24, 2.45) is 0 Å². The maximum Gasteiger partial charge on any atom is 0.258 e. The van der Waals surface area contributed by atoms with Crippen LogP contribution in [-0.2, 0) is 0 Å². The first-order valence-electron chi connectivity index (χ1n) is 8.84. The minimum Gasteiger partial charge on any atom is -0.356 e. The van der Waals surface area contributed by atoms with Crippen molar-refractivity contribution < 1.29 is 4.79 Å². The van der Waals surface area contributed by atoms with E-state index in [1.54, 1.807) is 29.2 Å². The Bertz CT molecular complexity index is 940. The Hall–Kier alpha value is -3.58. The topological polar surface area (TPSA) is 56.1 Å². The number of nitrogens with zero attached hydrogens (tertiary/aromatic N) is 2. The third-order valence-electron chi connectivity index (χ3n) is 4.20. The van der Waals surface area contributed by atoms with E-state index in [1.165, 1.54) is 0 Å². The van der Waals surface area contributed by atoms with Gasteiger partial charge in [-0.05, 0) is 74.5 Å². The van der Waals surface area contributed by atoms with E-state index in [4.69, 9.17) is 5.26 Å². The van der Waals surface area contributed by atoms with Gasteiger partial charge in [0.25, 0.3) is 5.91 Å². The summed E-state index contributed by atoms with van der Waals surface area (Å²) in [6.07, 6.45) is 0. The lowest BCUT2D eigenvalue weighted by Crippen LogP contribution is -2.37. The van der Waals surface area contributed by atoms with Crippen LogP contribution in [0.3, 0.4) is 0 Å². The summed E-state index contributed by atoms with van der Waals surface area (Å²) in [7, 11) is 0. The first-order chi connectivity index (χ1) is 13.1. The van der Waals surface area contributed by atoms with Crippen molar-refractivity contribution in [1.82, 2.24) is 0 Å². The summed E-state index contributed by atoms with van der Waals surface area (Å²) in [5.74, 6) is -0.0849. The van der Waals surface area contributed by atoms with Crippen molar-refractivity contribution in [2.45, 2.75) is 19.9 Å². The molecule has 0 radical (unpaired) electrons. The van der Waals surface area contributed by atoms with Gasteiger partial charge >= 0.3 is 0 Å². The Morgan fingerprint density at radius 3 is 2.04 bits per heavy atom. The molecule has 3 aromatic rings. The van der Waals surface area contributed by atoms with Crippen LogP contribution in [0, 0.1) is 11.3 Å². The fourth-order valence-electron chi connectivity index (χ4n) is 2.87. The number of anilines is 3. The molecule has 3 rings (SSSR count). The van der Waals surface area contributed by atoms with E-state index in [2.05, 4.69) is 11.4 Å². The predicted octanol–water partition coefficient (Wildman–Crippen LogP) is 5.36. The lowest BCUT2D eigenvalue weighted by molar-refractivity contribution is 0.0980. The number of carbonyl (C=O) groups is 1. The average Bonchev–Trinajstić information content (AvgIpc) is 2.70. The molecule has 0 atom stereocenters. The molecule has 4 nitrogen and oxygen atoms in total. The van der Waals surface area contributed by atoms with Gasteiger partial charge in [-0.3, -0.25) is 4.79 Å². The monoisotopic (exact) mass is 355 g/mol. The van der Waals surface area contributed by atoms with E-state index in [9.17, 15) is 4.79 Å². The van der Waals surface area contributed by atoms with Crippen LogP contribution in [-0.4, -0.2) is 11.9 Å². The highest BCUT2D eigenvalue weighted by atomic mass is 16.2. The number of carbonyl (C=O) groups excluding carboxylic acids is 1. The zero-order chi connectivity index (χ0) is 19.2. The molecule has 0 heterocycles. The van der Waals surface area contributed by atoms with Crippen LogP contribution in [0.15, 0.2) is 78.9 Å². The van der Waals surface area contributed by atoms with Crippen molar-refractivity contribution in [3.05, 3.63) is 90.0 Å². The molecule has 134 valence electrons. The van der Waals surface area contributed by atoms with Gasteiger partial charge in [0.1, 0.15) is 0 Å². The van der Waals surface area contributed by atoms with Gasteiger partial charge in [0.05, 0.1) is 11.6 Å². The molecule has 0 unspecified atom stereocenters. The Morgan fingerprint density at radius 2 is 1.48 bits per heavy atom. The van der Waals surface area contributed by atoms with E-state index in [-0.39, 0.29) is 11.9 Å². The number of nitrogens with one attached hydrogen (secondary N) is 1. The van der Waals surface area contributed by atoms with E-state index in [0.29, 0.717) is 11.1 Å². The number of rotatable bonds is 5. The van der Waals surface area contributed by atoms with Gasteiger partial charge in [0, 0.05) is 28.7 Å². The molecule has 1 N–H and O–H groups in total. The number of hydrogen-bond donors (Lipinski definition) is 1. The largest absolute Gasteiger partial charge is 0.356 e. The zero-order valence-electron chi connectivity index (χ0n) is 15.4. The maximum atomic E-state index is 13.0. The molecule has 0 aliphatic heterocycles. The second-order valence-corrected chi connectivity index (χ2v) is 6.50. The van der Waals surface area contributed by atoms with Gasteiger partial charge in [0.15, 0.2) is 0 Å². The molecule has 0 saturated heterocycles. The molecule has 0 aromatic heterocycles. The Balaban J connectivity index is 1.82. The van der Waals surface area contributed by atoms with Crippen LogP contribution in [0.4, 0.5) is 17.1 Å². The number of nitriles is 1. The van der Waals surface area contributed by atoms with Gasteiger partial charge in [0.2, 0.25) is 0 Å². The lowest BCUT2D eigenvalue weighted by atomic mass is 10.1. The molecule has 0 saturated carbocycles. The smallest absolute Gasteiger partial charge is 0.258 e. The summed E-state index contributed by atoms with van der Waals surface area (Å²) in [6, 6.07) is 26.5. The molecule has 0 spiro atoms. The zero-order valence-corrected chi connectivity index (χ0v) is 15.4. The van der Waals surface area contributed by atoms with Crippen molar-refractivity contribution in [3.8, 4) is 6.07 Å². The standard InChI is InChI=1S/C23H21N3O/c1-17(2)26(23(27)19-10-8-18(16-24)9-11-19)22-14-12-21(13-15-22)25-20-6-4-3-5-7-20/h3-15,17,25H,1-2H3. The summed E-state index contributed by atoms with van der Waals surface area (Å²) in [5, 5.41) is 12.3. The first kappa shape index (κ1) is 18.2. The highest BCUT2D eigenvalue weighted by molar-refractivity contribution is 6.06. The molecule has 0 aliphatic carbocycles. The van der Waals surface area contributed by atoms with Crippen LogP contribution < -0.4 is 10.2 Å². The third-order valence-corrected chi connectivity index (χ3v) is 4.20. The Kier molecular flexibility index (Phi) is 5.53. The normalized spacial score (nSPS) is 10.3. The van der Waals surface area contributed by atoms with E-state index in [0.717, 1.165) is 17.1 Å². The number of hydrogen-bond acceptors (Lipinski definition) is 3. The Labute approximate surface area is 159 Å². The second-order valence-electron chi connectivity index (χ2n) is 6.50. The number of benzene rings is 3. The van der Waals surface area contributed by atoms with Crippen molar-refractivity contribution in [1.29, 1.82) is 5.26 Å². The highest BCUT2D eigenvalue weighted by Crippen LogP contribution is 2.24. The van der Waals surface area contributed by atoms with Crippen LogP contribution in [0.1, 0.15) is 29.8 Å². The average molecular weight is 355 g/mol. The van der Waals surface area contributed by atoms with Crippen molar-refractivity contribution in [2.75, 3.05) is 10.2 Å². The summed E-state index contributed by atoms with van der Waals surface area (Å²) in [4.78, 5) is 14.7. The molecule has 3 aromatic carbocycles. The van der Waals surface area contributed by atoms with Gasteiger partial charge in [-0.15, -0.1) is 0 Å². The van der Waals surface area contributed by atoms with E-state index >= 15 is 0 Å². The first-order valence-corrected chi connectivity index (χ1v) is 8.84. The molecule has 4 heteroatoms. The summed E-state index contributed by atoms with van der Waals surface area (Å²) >= 11 is 0. The molecular weight excluding hydrogens is 334 g/mol. The molecule has 0 aliphatic rings. The minimum atomic E-state index is -0.0849. The summed E-state index contributed by atoms with van der Waals surface area (Å²) < 4.78 is 0. The highest BCUT2D eigenvalue weighted by Gasteiger charge is 2.20. The lowest BCUT2D eigenvalue weighted by Gasteiger charge is -2.27. The van der Waals surface area contributed by atoms with Crippen molar-refractivity contribution in [3.63, 3.8) is 0 Å². The van der Waals surface area contributed by atoms with Gasteiger partial charge in [-0.2, -0.15) is 5.26 Å². The van der Waals surface area contributed by atoms with Crippen LogP contribution >= 0.6 is 0 Å². The van der Waals surface area contributed by atoms with Crippen LogP contribution in [0.5, 0.6) is 0 Å². The molecular formula is C23H21N3O. The van der Waals surface area contributed by atoms with Crippen molar-refractivity contribution >= 4 is 23.0 Å². The maximum absolute atomic E-state index is 13.0. The van der Waals surface area contributed by atoms with Crippen LogP contribution in [0.25, 0.3) is 0 Å². The van der Waals surface area contributed by atoms with E-state index < -0.39 is 0 Å². The summed E-state index contributed by atoms with van der Waals surface area (Å²) in [6.45, 7) is 3.97. The molecule has 0 bridgehead atoms. The van der Waals surface area contributed by atoms with Gasteiger partial charge < -0.3 is 10.2 Å². The number of amides is 1. The SMILES string of the molecule is CC(C)N(C(=O)c1ccc(C#N)cc1)c1ccc(Nc2ccccc2)cc1. The second kappa shape index (κ2) is 8.20. The minimum absolute atomic E-state index is 0.000996. The molecule has 1 amide bonds. The molecule has 27 heavy (non-hydrogen) atoms. The van der Waals surface area contributed by atoms with E-state index in [1.807, 2.05) is 68.4 Å². The number of para-hydroxylation sites is 1. The fraction of sp³-hybridized carbons (Fsp3) is 0.130.